The van der Waals surface area contributed by atoms with Crippen molar-refractivity contribution in [2.75, 3.05) is 25.2 Å². The quantitative estimate of drug-likeness (QED) is 0.248. The molecule has 0 spiro atoms. The molecule has 36 heavy (non-hydrogen) atoms. The summed E-state index contributed by atoms with van der Waals surface area (Å²) in [6, 6.07) is 11.1. The van der Waals surface area contributed by atoms with Gasteiger partial charge in [0, 0.05) is 47.3 Å². The van der Waals surface area contributed by atoms with Crippen LogP contribution in [-0.2, 0) is 11.2 Å². The van der Waals surface area contributed by atoms with E-state index in [1.807, 2.05) is 74.6 Å². The molecule has 8 nitrogen and oxygen atoms in total. The van der Waals surface area contributed by atoms with E-state index in [-0.39, 0.29) is 25.0 Å². The van der Waals surface area contributed by atoms with E-state index in [0.717, 1.165) is 44.2 Å². The summed E-state index contributed by atoms with van der Waals surface area (Å²) in [5.74, 6) is -0.552. The second kappa shape index (κ2) is 9.61. The largest absolute Gasteiger partial charge is 0.394 e. The van der Waals surface area contributed by atoms with Crippen LogP contribution >= 0.6 is 0 Å². The van der Waals surface area contributed by atoms with E-state index in [9.17, 15) is 20.1 Å². The number of rotatable bonds is 6. The average Bonchev–Trinajstić information content (AvgIpc) is 3.48. The zero-order valence-corrected chi connectivity index (χ0v) is 20.8. The van der Waals surface area contributed by atoms with Crippen LogP contribution in [0.3, 0.4) is 0 Å². The summed E-state index contributed by atoms with van der Waals surface area (Å²) >= 11 is 0. The molecule has 4 atom stereocenters. The van der Waals surface area contributed by atoms with Crippen LogP contribution in [0.5, 0.6) is 0 Å². The van der Waals surface area contributed by atoms with Crippen molar-refractivity contribution >= 4 is 33.4 Å². The molecule has 4 aromatic rings. The first-order chi connectivity index (χ1) is 17.3. The molecule has 1 aliphatic heterocycles. The van der Waals surface area contributed by atoms with E-state index in [0.29, 0.717) is 6.42 Å². The average molecular weight is 491 g/mol. The highest BCUT2D eigenvalue weighted by atomic mass is 16.3. The molecule has 2 aromatic carbocycles. The number of aliphatic hydroxyl groups excluding tert-OH is 3. The molecule has 8 heteroatoms. The van der Waals surface area contributed by atoms with Gasteiger partial charge in [-0.05, 0) is 41.2 Å². The maximum Gasteiger partial charge on any atom is 0.243 e. The summed E-state index contributed by atoms with van der Waals surface area (Å²) in [4.78, 5) is 21.9. The van der Waals surface area contributed by atoms with Crippen LogP contribution in [-0.4, -0.2) is 69.6 Å². The van der Waals surface area contributed by atoms with Crippen LogP contribution in [0.1, 0.15) is 36.5 Å². The number of anilines is 1. The van der Waals surface area contributed by atoms with Crippen molar-refractivity contribution in [3.05, 3.63) is 65.5 Å². The molecule has 0 saturated carbocycles. The van der Waals surface area contributed by atoms with Gasteiger partial charge in [0.25, 0.3) is 0 Å². The molecule has 1 amide bonds. The highest BCUT2D eigenvalue weighted by molar-refractivity contribution is 6.00. The predicted octanol–water partition coefficient (Wildman–Crippen LogP) is 2.63. The highest BCUT2D eigenvalue weighted by Gasteiger charge is 2.34. The van der Waals surface area contributed by atoms with Crippen LogP contribution in [0.4, 0.5) is 5.69 Å². The second-order valence-corrected chi connectivity index (χ2v) is 10.1. The lowest BCUT2D eigenvalue weighted by atomic mass is 9.84. The zero-order valence-electron chi connectivity index (χ0n) is 20.8. The van der Waals surface area contributed by atoms with Gasteiger partial charge in [0.1, 0.15) is 6.04 Å². The van der Waals surface area contributed by atoms with E-state index in [4.69, 9.17) is 0 Å². The number of aliphatic hydroxyl groups is 3. The Kier molecular flexibility index (Phi) is 6.51. The van der Waals surface area contributed by atoms with Crippen LogP contribution in [0, 0.1) is 5.92 Å². The first-order valence-electron chi connectivity index (χ1n) is 12.5. The number of carbonyl (C=O) groups excluding carboxylic acids is 1. The molecule has 2 unspecified atom stereocenters. The van der Waals surface area contributed by atoms with Crippen LogP contribution in [0.25, 0.3) is 21.8 Å². The van der Waals surface area contributed by atoms with Crippen molar-refractivity contribution in [2.45, 2.75) is 44.4 Å². The minimum absolute atomic E-state index is 0.0414. The highest BCUT2D eigenvalue weighted by Crippen LogP contribution is 2.41. The maximum absolute atomic E-state index is 13.2. The standard InChI is InChI=1S/C28H34N4O4/c1-15(2)27-28(36)31-17(13-33)10-16-11-30-26-19(8-9-22(24(16)26)32(27)3)25(23(35)14-34)20-12-29-21-7-5-4-6-18(20)21/h4-9,11-12,15,17,23,25,27,29-30,33-35H,10,13-14H2,1-3H3,(H,31,36)/t17-,23?,25?,27-/m0/s1. The molecule has 2 aromatic heterocycles. The van der Waals surface area contributed by atoms with Gasteiger partial charge in [0.05, 0.1) is 30.9 Å². The smallest absolute Gasteiger partial charge is 0.243 e. The Morgan fingerprint density at radius 2 is 1.83 bits per heavy atom. The molecule has 5 rings (SSSR count). The van der Waals surface area contributed by atoms with E-state index >= 15 is 0 Å². The van der Waals surface area contributed by atoms with Crippen molar-refractivity contribution in [3.63, 3.8) is 0 Å². The molecule has 190 valence electrons. The number of hydrogen-bond donors (Lipinski definition) is 6. The number of nitrogens with zero attached hydrogens (tertiary/aromatic N) is 1. The molecule has 0 saturated heterocycles. The molecule has 6 N–H and O–H groups in total. The SMILES string of the molecule is CC(C)[C@H]1C(=O)N[C@H](CO)Cc2c[nH]c3c(C(c4c[nH]c5ccccc45)C(O)CO)ccc(c23)N1C. The normalized spacial score (nSPS) is 20.3. The van der Waals surface area contributed by atoms with Crippen LogP contribution in [0.2, 0.25) is 0 Å². The number of fused-ring (bicyclic) bond motifs is 1. The minimum atomic E-state index is -1.02. The summed E-state index contributed by atoms with van der Waals surface area (Å²) in [5.41, 5.74) is 5.47. The van der Waals surface area contributed by atoms with E-state index in [2.05, 4.69) is 15.3 Å². The molecule has 3 heterocycles. The number of nitrogens with one attached hydrogen (secondary N) is 3. The molecule has 0 bridgehead atoms. The molecule has 0 aliphatic carbocycles. The number of para-hydroxylation sites is 1. The van der Waals surface area contributed by atoms with Crippen molar-refractivity contribution in [1.29, 1.82) is 0 Å². The topological polar surface area (TPSA) is 125 Å². The Bertz CT molecular complexity index is 1390. The third-order valence-electron chi connectivity index (χ3n) is 7.52. The maximum atomic E-state index is 13.2. The van der Waals surface area contributed by atoms with Crippen molar-refractivity contribution < 1.29 is 20.1 Å². The molecular formula is C28H34N4O4. The van der Waals surface area contributed by atoms with E-state index in [1.54, 1.807) is 0 Å². The third kappa shape index (κ3) is 3.95. The Morgan fingerprint density at radius 3 is 2.56 bits per heavy atom. The van der Waals surface area contributed by atoms with Gasteiger partial charge < -0.3 is 35.5 Å². The lowest BCUT2D eigenvalue weighted by Crippen LogP contribution is -2.52. The summed E-state index contributed by atoms with van der Waals surface area (Å²) in [7, 11) is 1.93. The fourth-order valence-electron chi connectivity index (χ4n) is 5.86. The zero-order chi connectivity index (χ0) is 25.6. The van der Waals surface area contributed by atoms with Crippen molar-refractivity contribution in [3.8, 4) is 0 Å². The van der Waals surface area contributed by atoms with Gasteiger partial charge in [0.15, 0.2) is 0 Å². The number of benzene rings is 2. The molecule has 0 fully saturated rings. The van der Waals surface area contributed by atoms with E-state index < -0.39 is 24.1 Å². The Balaban J connectivity index is 1.74. The fraction of sp³-hybridized carbons (Fsp3) is 0.393. The number of likely N-dealkylation sites (N-methyl/N-ethyl adjacent to an activating group) is 1. The predicted molar refractivity (Wildman–Crippen MR) is 141 cm³/mol. The van der Waals surface area contributed by atoms with Crippen LogP contribution in [0.15, 0.2) is 48.8 Å². The number of hydrogen-bond acceptors (Lipinski definition) is 5. The minimum Gasteiger partial charge on any atom is -0.394 e. The number of carbonyl (C=O) groups is 1. The molecular weight excluding hydrogens is 456 g/mol. The fourth-order valence-corrected chi connectivity index (χ4v) is 5.86. The van der Waals surface area contributed by atoms with Gasteiger partial charge in [-0.25, -0.2) is 0 Å². The van der Waals surface area contributed by atoms with E-state index in [1.165, 1.54) is 0 Å². The van der Waals surface area contributed by atoms with Crippen molar-refractivity contribution in [1.82, 2.24) is 15.3 Å². The van der Waals surface area contributed by atoms with Gasteiger partial charge in [-0.1, -0.05) is 38.1 Å². The third-order valence-corrected chi connectivity index (χ3v) is 7.52. The summed E-state index contributed by atoms with van der Waals surface area (Å²) in [6.07, 6.45) is 3.28. The number of aromatic amines is 2. The Morgan fingerprint density at radius 1 is 1.06 bits per heavy atom. The summed E-state index contributed by atoms with van der Waals surface area (Å²) < 4.78 is 0. The first-order valence-corrected chi connectivity index (χ1v) is 12.5. The molecule has 1 aliphatic rings. The van der Waals surface area contributed by atoms with Gasteiger partial charge in [0.2, 0.25) is 5.91 Å². The Labute approximate surface area is 209 Å². The number of aromatic nitrogens is 2. The second-order valence-electron chi connectivity index (χ2n) is 10.1. The Hall–Kier alpha value is -3.33. The van der Waals surface area contributed by atoms with Gasteiger partial charge in [-0.15, -0.1) is 0 Å². The first kappa shape index (κ1) is 24.4. The summed E-state index contributed by atoms with van der Waals surface area (Å²) in [5, 5.41) is 36.1. The van der Waals surface area contributed by atoms with Crippen molar-refractivity contribution in [2.24, 2.45) is 5.92 Å². The number of amides is 1. The van der Waals surface area contributed by atoms with Gasteiger partial charge >= 0.3 is 0 Å². The van der Waals surface area contributed by atoms with Crippen LogP contribution < -0.4 is 10.2 Å². The lowest BCUT2D eigenvalue weighted by Gasteiger charge is -2.33. The number of H-pyrrole nitrogens is 2. The monoisotopic (exact) mass is 490 g/mol. The molecule has 0 radical (unpaired) electrons. The van der Waals surface area contributed by atoms with Gasteiger partial charge in [-0.3, -0.25) is 4.79 Å². The van der Waals surface area contributed by atoms with Gasteiger partial charge in [-0.2, -0.15) is 0 Å². The lowest BCUT2D eigenvalue weighted by molar-refractivity contribution is -0.124. The summed E-state index contributed by atoms with van der Waals surface area (Å²) in [6.45, 7) is 3.48.